The summed E-state index contributed by atoms with van der Waals surface area (Å²) in [4.78, 5) is 59.2. The van der Waals surface area contributed by atoms with Crippen LogP contribution in [0.5, 0.6) is 0 Å². The number of carbonyl (C=O) groups excluding carboxylic acids is 4. The summed E-state index contributed by atoms with van der Waals surface area (Å²) in [6, 6.07) is -1.13. The standard InChI is InChI=1S/C59H93NO14/c1-37-16-12-11-13-17-38(2)51(72-36-45-23-27-70-28-24-45)34-47-21-19-43(7)59(67,74-47)56(64)57(65)60-25-15-14-18-48(60)58(66)73-52(41(5)32-46-20-22-50(71-29-26-61)53(33-46)68-9)35-49(62)40(4)31-42(6)54(63)55(69-10)44(8)39(3)30-37/h11-13,16-17,31,37,39-41,43,45-48,50-55,61,63,67H,8,14-15,18-30,32-36H2,1-7,9-10H3/b13-11+,16-12+,38-17+,42-31+/t37-,39-,40-,41-,43-,46+,47+,48?,50-,51?,52+,53-,54-,55+,59-/m1/s1. The molecule has 1 amide bonds. The second-order valence-electron chi connectivity index (χ2n) is 22.5. The smallest absolute Gasteiger partial charge is 0.329 e. The summed E-state index contributed by atoms with van der Waals surface area (Å²) in [6.45, 7) is 19.9. The van der Waals surface area contributed by atoms with Gasteiger partial charge in [-0.15, -0.1) is 0 Å². The molecule has 4 aliphatic heterocycles. The second kappa shape index (κ2) is 30.0. The van der Waals surface area contributed by atoms with Gasteiger partial charge in [-0.3, -0.25) is 14.4 Å². The number of piperidine rings is 1. The van der Waals surface area contributed by atoms with E-state index in [9.17, 15) is 34.5 Å². The van der Waals surface area contributed by atoms with Gasteiger partial charge < -0.3 is 53.4 Å². The van der Waals surface area contributed by atoms with Crippen molar-refractivity contribution in [2.45, 2.75) is 193 Å². The number of cyclic esters (lactones) is 1. The average molecular weight is 1040 g/mol. The van der Waals surface area contributed by atoms with Crippen molar-refractivity contribution in [3.05, 3.63) is 59.8 Å². The van der Waals surface area contributed by atoms with Gasteiger partial charge >= 0.3 is 5.97 Å². The summed E-state index contributed by atoms with van der Waals surface area (Å²) in [6.07, 6.45) is 15.6. The summed E-state index contributed by atoms with van der Waals surface area (Å²) < 4.78 is 42.6. The number of aliphatic hydroxyl groups excluding tert-OH is 2. The van der Waals surface area contributed by atoms with Crippen LogP contribution in [0.4, 0.5) is 0 Å². The van der Waals surface area contributed by atoms with Crippen LogP contribution in [0.1, 0.15) is 138 Å². The topological polar surface area (TPSA) is 197 Å². The third-order valence-corrected chi connectivity index (χ3v) is 16.7. The molecule has 0 aromatic carbocycles. The Bertz CT molecular complexity index is 1960. The number of ether oxygens (including phenoxy) is 7. The lowest BCUT2D eigenvalue weighted by Crippen LogP contribution is -2.61. The lowest BCUT2D eigenvalue weighted by Gasteiger charge is -2.43. The lowest BCUT2D eigenvalue weighted by molar-refractivity contribution is -0.266. The Labute approximate surface area is 442 Å². The molecule has 5 rings (SSSR count). The van der Waals surface area contributed by atoms with Crippen molar-refractivity contribution in [3.63, 3.8) is 0 Å². The minimum Gasteiger partial charge on any atom is -0.460 e. The Morgan fingerprint density at radius 3 is 2.30 bits per heavy atom. The second-order valence-corrected chi connectivity index (χ2v) is 22.5. The number of hydrogen-bond acceptors (Lipinski definition) is 14. The normalized spacial score (nSPS) is 38.5. The Balaban J connectivity index is 1.47. The van der Waals surface area contributed by atoms with Crippen LogP contribution in [0.25, 0.3) is 0 Å². The highest BCUT2D eigenvalue weighted by atomic mass is 16.6. The summed E-state index contributed by atoms with van der Waals surface area (Å²) in [5, 5.41) is 33.3. The van der Waals surface area contributed by atoms with E-state index < -0.39 is 71.8 Å². The largest absolute Gasteiger partial charge is 0.460 e. The number of rotatable bonds is 11. The molecule has 2 unspecified atom stereocenters. The first-order valence-electron chi connectivity index (χ1n) is 27.8. The maximum absolute atomic E-state index is 14.6. The highest BCUT2D eigenvalue weighted by molar-refractivity contribution is 6.39. The van der Waals surface area contributed by atoms with Gasteiger partial charge in [0.2, 0.25) is 5.79 Å². The fourth-order valence-electron chi connectivity index (χ4n) is 11.7. The van der Waals surface area contributed by atoms with Crippen molar-refractivity contribution in [1.82, 2.24) is 4.90 Å². The molecule has 0 aromatic heterocycles. The van der Waals surface area contributed by atoms with Gasteiger partial charge in [-0.2, -0.15) is 0 Å². The van der Waals surface area contributed by atoms with Gasteiger partial charge in [-0.05, 0) is 137 Å². The Kier molecular flexibility index (Phi) is 24.9. The summed E-state index contributed by atoms with van der Waals surface area (Å²) in [5.74, 6) is -6.54. The van der Waals surface area contributed by atoms with Gasteiger partial charge in [-0.1, -0.05) is 77.7 Å². The van der Waals surface area contributed by atoms with Crippen LogP contribution in [-0.2, 0) is 52.3 Å². The van der Waals surface area contributed by atoms with E-state index >= 15 is 0 Å². The van der Waals surface area contributed by atoms with Gasteiger partial charge in [-0.25, -0.2) is 4.79 Å². The average Bonchev–Trinajstić information content (AvgIpc) is 3.39. The number of esters is 1. The molecule has 0 spiro atoms. The molecule has 3 N–H and O–H groups in total. The Morgan fingerprint density at radius 1 is 0.851 bits per heavy atom. The monoisotopic (exact) mass is 1040 g/mol. The van der Waals surface area contributed by atoms with Gasteiger partial charge in [0.05, 0.1) is 44.2 Å². The number of carbonyl (C=O) groups is 4. The first-order chi connectivity index (χ1) is 35.3. The molecular formula is C59H93NO14. The number of amides is 1. The number of allylic oxidation sites excluding steroid dienone is 6. The molecule has 74 heavy (non-hydrogen) atoms. The summed E-state index contributed by atoms with van der Waals surface area (Å²) >= 11 is 0. The summed E-state index contributed by atoms with van der Waals surface area (Å²) in [7, 11) is 3.19. The molecule has 4 heterocycles. The van der Waals surface area contributed by atoms with Gasteiger partial charge in [0, 0.05) is 58.7 Å². The molecule has 0 aromatic rings. The van der Waals surface area contributed by atoms with E-state index in [0.717, 1.165) is 36.8 Å². The minimum absolute atomic E-state index is 0.00977. The van der Waals surface area contributed by atoms with E-state index in [4.69, 9.17) is 33.2 Å². The minimum atomic E-state index is -2.44. The van der Waals surface area contributed by atoms with Crippen LogP contribution in [0.3, 0.4) is 0 Å². The maximum atomic E-state index is 14.6. The van der Waals surface area contributed by atoms with E-state index in [1.165, 1.54) is 4.90 Å². The third kappa shape index (κ3) is 17.1. The number of Topliss-reactive ketones (excluding diaryl/α,β-unsaturated/α-hetero) is 2. The third-order valence-electron chi connectivity index (χ3n) is 16.7. The SMILES string of the molecule is C=C1[C@H](C)C[C@H](C)/C=C/C=C/C=C(\C)C(OCC2CCOCC2)C[C@@H]2CC[C@@H](C)[C@@](O)(O2)C(=O)C(=O)N2CCCCC2C(=O)O[C@H]([C@H](C)C[C@@H]2CC[C@@H](OCCO)[C@H](OC)C2)CC(=O)[C@H](C)/C=C(\C)[C@@H](O)[C@H]1OC. The molecule has 15 atom stereocenters. The van der Waals surface area contributed by atoms with Crippen molar-refractivity contribution in [1.29, 1.82) is 0 Å². The molecule has 3 saturated heterocycles. The molecular weight excluding hydrogens is 947 g/mol. The lowest BCUT2D eigenvalue weighted by atomic mass is 9.78. The Morgan fingerprint density at radius 2 is 1.59 bits per heavy atom. The predicted molar refractivity (Wildman–Crippen MR) is 283 cm³/mol. The zero-order chi connectivity index (χ0) is 54.1. The highest BCUT2D eigenvalue weighted by Gasteiger charge is 2.53. The zero-order valence-corrected chi connectivity index (χ0v) is 46.3. The van der Waals surface area contributed by atoms with Crippen LogP contribution in [0, 0.1) is 41.4 Å². The van der Waals surface area contributed by atoms with E-state index in [1.807, 2.05) is 38.2 Å². The van der Waals surface area contributed by atoms with E-state index in [0.29, 0.717) is 82.7 Å². The van der Waals surface area contributed by atoms with Crippen molar-refractivity contribution in [2.24, 2.45) is 41.4 Å². The molecule has 15 nitrogen and oxygen atoms in total. The molecule has 4 fully saturated rings. The van der Waals surface area contributed by atoms with E-state index in [2.05, 4.69) is 26.5 Å². The molecule has 2 bridgehead atoms. The van der Waals surface area contributed by atoms with Crippen LogP contribution >= 0.6 is 0 Å². The van der Waals surface area contributed by atoms with E-state index in [1.54, 1.807) is 41.1 Å². The van der Waals surface area contributed by atoms with Crippen LogP contribution in [-0.4, -0.2) is 152 Å². The number of methoxy groups -OCH3 is 2. The molecule has 418 valence electrons. The van der Waals surface area contributed by atoms with Crippen LogP contribution in [0.15, 0.2) is 59.8 Å². The zero-order valence-electron chi connectivity index (χ0n) is 46.3. The Hall–Kier alpha value is -3.38. The molecule has 15 heteroatoms. The van der Waals surface area contributed by atoms with E-state index in [-0.39, 0.29) is 74.3 Å². The quantitative estimate of drug-likeness (QED) is 0.102. The van der Waals surface area contributed by atoms with Crippen LogP contribution < -0.4 is 0 Å². The number of hydrogen-bond donors (Lipinski definition) is 3. The van der Waals surface area contributed by atoms with Gasteiger partial charge in [0.25, 0.3) is 11.7 Å². The number of nitrogens with zero attached hydrogens (tertiary/aromatic N) is 1. The first-order valence-corrected chi connectivity index (χ1v) is 27.8. The number of ketones is 2. The first kappa shape index (κ1) is 61.5. The molecule has 1 saturated carbocycles. The fraction of sp³-hybridized carbons (Fsp3) is 0.763. The van der Waals surface area contributed by atoms with Crippen molar-refractivity contribution in [2.75, 3.05) is 53.8 Å². The molecule has 0 radical (unpaired) electrons. The molecule has 5 aliphatic rings. The fourth-order valence-corrected chi connectivity index (χ4v) is 11.7. The number of aliphatic hydroxyl groups is 3. The van der Waals surface area contributed by atoms with Gasteiger partial charge in [0.1, 0.15) is 30.1 Å². The summed E-state index contributed by atoms with van der Waals surface area (Å²) in [5.41, 5.74) is 2.23. The van der Waals surface area contributed by atoms with Gasteiger partial charge in [0.15, 0.2) is 0 Å². The van der Waals surface area contributed by atoms with Crippen molar-refractivity contribution < 1.29 is 67.7 Å². The highest BCUT2D eigenvalue weighted by Crippen LogP contribution is 2.38. The van der Waals surface area contributed by atoms with Crippen molar-refractivity contribution >= 4 is 23.4 Å². The molecule has 1 aliphatic carbocycles. The van der Waals surface area contributed by atoms with Crippen molar-refractivity contribution in [3.8, 4) is 0 Å². The van der Waals surface area contributed by atoms with Crippen LogP contribution in [0.2, 0.25) is 0 Å². The predicted octanol–water partition coefficient (Wildman–Crippen LogP) is 7.98. The maximum Gasteiger partial charge on any atom is 0.329 e. The number of fused-ring (bicyclic) bond motifs is 3.